The Hall–Kier alpha value is -2.00. The van der Waals surface area contributed by atoms with Gasteiger partial charge in [-0.1, -0.05) is 0 Å². The number of anilines is 1. The number of rotatable bonds is 6. The summed E-state index contributed by atoms with van der Waals surface area (Å²) in [6.45, 7) is 2.73. The van der Waals surface area contributed by atoms with E-state index in [0.717, 1.165) is 30.7 Å². The Bertz CT molecular complexity index is 687. The van der Waals surface area contributed by atoms with Crippen molar-refractivity contribution in [3.8, 4) is 0 Å². The third-order valence-electron chi connectivity index (χ3n) is 3.82. The van der Waals surface area contributed by atoms with Crippen LogP contribution in [0.5, 0.6) is 0 Å². The quantitative estimate of drug-likeness (QED) is 0.836. The average molecular weight is 355 g/mol. The molecule has 0 radical (unpaired) electrons. The lowest BCUT2D eigenvalue weighted by Crippen LogP contribution is -2.38. The second-order valence-corrected chi connectivity index (χ2v) is 6.62. The molecule has 9 heteroatoms. The van der Waals surface area contributed by atoms with Crippen LogP contribution in [0, 0.1) is 0 Å². The molecule has 0 saturated heterocycles. The molecule has 3 rings (SSSR count). The SMILES string of the molecule is O=C(NCCN1CCc2sccc2C1)Nc1cnn(CC(F)F)c1. The molecule has 0 saturated carbocycles. The van der Waals surface area contributed by atoms with E-state index in [1.165, 1.54) is 22.8 Å². The number of amides is 2. The number of nitrogens with zero attached hydrogens (tertiary/aromatic N) is 3. The number of alkyl halides is 2. The van der Waals surface area contributed by atoms with Gasteiger partial charge in [-0.25, -0.2) is 13.6 Å². The van der Waals surface area contributed by atoms with Crippen LogP contribution in [0.25, 0.3) is 0 Å². The zero-order valence-electron chi connectivity index (χ0n) is 13.0. The Morgan fingerprint density at radius 3 is 3.17 bits per heavy atom. The van der Waals surface area contributed by atoms with Gasteiger partial charge in [0, 0.05) is 37.3 Å². The predicted molar refractivity (Wildman–Crippen MR) is 88.6 cm³/mol. The molecule has 0 spiro atoms. The Balaban J connectivity index is 1.38. The van der Waals surface area contributed by atoms with Crippen molar-refractivity contribution in [1.29, 1.82) is 0 Å². The fraction of sp³-hybridized carbons (Fsp3) is 0.467. The van der Waals surface area contributed by atoms with Crippen molar-refractivity contribution < 1.29 is 13.6 Å². The molecule has 130 valence electrons. The number of thiophene rings is 1. The van der Waals surface area contributed by atoms with E-state index >= 15 is 0 Å². The topological polar surface area (TPSA) is 62.2 Å². The number of nitrogens with one attached hydrogen (secondary N) is 2. The zero-order chi connectivity index (χ0) is 16.9. The first-order valence-electron chi connectivity index (χ1n) is 7.73. The molecular weight excluding hydrogens is 336 g/mol. The van der Waals surface area contributed by atoms with Crippen molar-refractivity contribution in [2.45, 2.75) is 25.9 Å². The molecule has 2 aromatic rings. The van der Waals surface area contributed by atoms with Gasteiger partial charge in [-0.3, -0.25) is 9.58 Å². The van der Waals surface area contributed by atoms with Gasteiger partial charge < -0.3 is 10.6 Å². The van der Waals surface area contributed by atoms with Crippen LogP contribution in [0.3, 0.4) is 0 Å². The van der Waals surface area contributed by atoms with Crippen molar-refractivity contribution >= 4 is 23.1 Å². The Labute approximate surface area is 142 Å². The van der Waals surface area contributed by atoms with Crippen molar-refractivity contribution in [3.05, 3.63) is 34.3 Å². The van der Waals surface area contributed by atoms with Crippen LogP contribution in [0.1, 0.15) is 10.4 Å². The largest absolute Gasteiger partial charge is 0.337 e. The maximum absolute atomic E-state index is 12.2. The lowest BCUT2D eigenvalue weighted by Gasteiger charge is -2.26. The molecule has 6 nitrogen and oxygen atoms in total. The molecule has 2 amide bonds. The van der Waals surface area contributed by atoms with E-state index < -0.39 is 13.0 Å². The average Bonchev–Trinajstić information content (AvgIpc) is 3.15. The summed E-state index contributed by atoms with van der Waals surface area (Å²) in [6, 6.07) is 1.79. The van der Waals surface area contributed by atoms with Crippen LogP contribution in [0.2, 0.25) is 0 Å². The lowest BCUT2D eigenvalue weighted by atomic mass is 10.1. The van der Waals surface area contributed by atoms with E-state index in [1.54, 1.807) is 11.3 Å². The summed E-state index contributed by atoms with van der Waals surface area (Å²) in [7, 11) is 0. The van der Waals surface area contributed by atoms with E-state index in [2.05, 4.69) is 32.1 Å². The monoisotopic (exact) mass is 355 g/mol. The van der Waals surface area contributed by atoms with Crippen LogP contribution in [-0.4, -0.2) is 46.8 Å². The van der Waals surface area contributed by atoms with Crippen LogP contribution in [-0.2, 0) is 19.5 Å². The summed E-state index contributed by atoms with van der Waals surface area (Å²) >= 11 is 1.80. The van der Waals surface area contributed by atoms with Crippen LogP contribution >= 0.6 is 11.3 Å². The number of halogens is 2. The van der Waals surface area contributed by atoms with E-state index in [1.807, 2.05) is 0 Å². The first-order chi connectivity index (χ1) is 11.6. The summed E-state index contributed by atoms with van der Waals surface area (Å²) in [4.78, 5) is 15.6. The fourth-order valence-electron chi connectivity index (χ4n) is 2.67. The highest BCUT2D eigenvalue weighted by Gasteiger charge is 2.16. The third-order valence-corrected chi connectivity index (χ3v) is 4.84. The Morgan fingerprint density at radius 2 is 2.33 bits per heavy atom. The van der Waals surface area contributed by atoms with Crippen molar-refractivity contribution in [3.63, 3.8) is 0 Å². The smallest absolute Gasteiger partial charge is 0.319 e. The lowest BCUT2D eigenvalue weighted by molar-refractivity contribution is 0.122. The van der Waals surface area contributed by atoms with Gasteiger partial charge in [-0.05, 0) is 23.4 Å². The van der Waals surface area contributed by atoms with Crippen molar-refractivity contribution in [1.82, 2.24) is 20.0 Å². The molecule has 0 unspecified atom stereocenters. The molecule has 0 bridgehead atoms. The van der Waals surface area contributed by atoms with Gasteiger partial charge in [-0.2, -0.15) is 5.10 Å². The van der Waals surface area contributed by atoms with Crippen LogP contribution in [0.4, 0.5) is 19.3 Å². The molecular formula is C15H19F2N5OS. The van der Waals surface area contributed by atoms with Gasteiger partial charge in [-0.15, -0.1) is 11.3 Å². The van der Waals surface area contributed by atoms with E-state index in [0.29, 0.717) is 12.2 Å². The highest BCUT2D eigenvalue weighted by Crippen LogP contribution is 2.23. The maximum Gasteiger partial charge on any atom is 0.319 e. The summed E-state index contributed by atoms with van der Waals surface area (Å²) in [5.74, 6) is 0. The summed E-state index contributed by atoms with van der Waals surface area (Å²) in [5.41, 5.74) is 1.77. The highest BCUT2D eigenvalue weighted by molar-refractivity contribution is 7.10. The second kappa shape index (κ2) is 7.71. The second-order valence-electron chi connectivity index (χ2n) is 5.62. The molecule has 2 N–H and O–H groups in total. The maximum atomic E-state index is 12.2. The summed E-state index contributed by atoms with van der Waals surface area (Å²) in [5, 5.41) is 11.2. The molecule has 1 aliphatic rings. The third kappa shape index (κ3) is 4.51. The van der Waals surface area contributed by atoms with Crippen LogP contribution in [0.15, 0.2) is 23.8 Å². The number of carbonyl (C=O) groups excluding carboxylic acids is 1. The van der Waals surface area contributed by atoms with E-state index in [-0.39, 0.29) is 6.03 Å². The Kier molecular flexibility index (Phi) is 5.41. The molecule has 3 heterocycles. The molecule has 2 aromatic heterocycles. The first-order valence-corrected chi connectivity index (χ1v) is 8.61. The molecule has 0 aromatic carbocycles. The number of hydrogen-bond donors (Lipinski definition) is 2. The molecule has 24 heavy (non-hydrogen) atoms. The number of aromatic nitrogens is 2. The number of fused-ring (bicyclic) bond motifs is 1. The highest BCUT2D eigenvalue weighted by atomic mass is 32.1. The van der Waals surface area contributed by atoms with E-state index in [9.17, 15) is 13.6 Å². The number of hydrogen-bond acceptors (Lipinski definition) is 4. The normalized spacial score (nSPS) is 14.6. The minimum absolute atomic E-state index is 0.361. The molecule has 1 aliphatic heterocycles. The number of carbonyl (C=O) groups is 1. The van der Waals surface area contributed by atoms with Crippen molar-refractivity contribution in [2.24, 2.45) is 0 Å². The minimum atomic E-state index is -2.47. The Morgan fingerprint density at radius 1 is 1.46 bits per heavy atom. The summed E-state index contributed by atoms with van der Waals surface area (Å²) in [6.07, 6.45) is 1.32. The number of urea groups is 1. The summed E-state index contributed by atoms with van der Waals surface area (Å²) < 4.78 is 25.6. The first kappa shape index (κ1) is 16.8. The molecule has 0 atom stereocenters. The fourth-order valence-corrected chi connectivity index (χ4v) is 3.56. The standard InChI is InChI=1S/C15H19F2N5OS/c16-14(17)10-22-9-12(7-19-22)20-15(23)18-3-5-21-4-1-13-11(8-21)2-6-24-13/h2,6-7,9,14H,1,3-5,8,10H2,(H2,18,20,23). The van der Waals surface area contributed by atoms with Gasteiger partial charge in [0.1, 0.15) is 6.54 Å². The zero-order valence-corrected chi connectivity index (χ0v) is 13.9. The van der Waals surface area contributed by atoms with Gasteiger partial charge >= 0.3 is 6.03 Å². The van der Waals surface area contributed by atoms with Crippen LogP contribution < -0.4 is 10.6 Å². The van der Waals surface area contributed by atoms with Gasteiger partial charge in [0.25, 0.3) is 6.43 Å². The molecule has 0 fully saturated rings. The van der Waals surface area contributed by atoms with Crippen molar-refractivity contribution in [2.75, 3.05) is 25.0 Å². The van der Waals surface area contributed by atoms with E-state index in [4.69, 9.17) is 0 Å². The van der Waals surface area contributed by atoms with Gasteiger partial charge in [0.2, 0.25) is 0 Å². The van der Waals surface area contributed by atoms with Gasteiger partial charge in [0.15, 0.2) is 0 Å². The van der Waals surface area contributed by atoms with Gasteiger partial charge in [0.05, 0.1) is 11.9 Å². The predicted octanol–water partition coefficient (Wildman–Crippen LogP) is 2.39. The molecule has 0 aliphatic carbocycles. The minimum Gasteiger partial charge on any atom is -0.337 e.